The second-order valence-corrected chi connectivity index (χ2v) is 5.11. The lowest BCUT2D eigenvalue weighted by Gasteiger charge is -2.13. The maximum atomic E-state index is 13.8. The van der Waals surface area contributed by atoms with E-state index in [1.807, 2.05) is 13.1 Å². The van der Waals surface area contributed by atoms with Crippen LogP contribution in [-0.2, 0) is 0 Å². The molecular weight excluding hydrogens is 283 g/mol. The highest BCUT2D eigenvalue weighted by atomic mass is 79.9. The molecule has 90 valence electrons. The molecule has 0 amide bonds. The summed E-state index contributed by atoms with van der Waals surface area (Å²) in [5, 5.41) is 3.62. The third-order valence-electron chi connectivity index (χ3n) is 2.77. The minimum Gasteiger partial charge on any atom is -0.373 e. The van der Waals surface area contributed by atoms with Crippen molar-refractivity contribution < 1.29 is 4.39 Å². The third kappa shape index (κ3) is 2.14. The number of halogens is 2. The van der Waals surface area contributed by atoms with Crippen LogP contribution in [0.5, 0.6) is 0 Å². The van der Waals surface area contributed by atoms with Gasteiger partial charge in [0.05, 0.1) is 5.52 Å². The summed E-state index contributed by atoms with van der Waals surface area (Å²) < 4.78 is 14.6. The first-order valence-electron chi connectivity index (χ1n) is 5.51. The Morgan fingerprint density at radius 3 is 2.65 bits per heavy atom. The zero-order valence-corrected chi connectivity index (χ0v) is 11.6. The first-order valence-corrected chi connectivity index (χ1v) is 6.30. The SMILES string of the molecule is CNc1nc2c(Br)ccc(F)c2cc1C(C)C. The van der Waals surface area contributed by atoms with Crippen molar-refractivity contribution in [3.63, 3.8) is 0 Å². The fourth-order valence-corrected chi connectivity index (χ4v) is 2.28. The molecule has 1 aromatic carbocycles. The normalized spacial score (nSPS) is 11.2. The van der Waals surface area contributed by atoms with E-state index in [0.717, 1.165) is 15.9 Å². The van der Waals surface area contributed by atoms with Gasteiger partial charge in [-0.25, -0.2) is 9.37 Å². The van der Waals surface area contributed by atoms with Crippen LogP contribution >= 0.6 is 15.9 Å². The highest BCUT2D eigenvalue weighted by molar-refractivity contribution is 9.10. The number of nitrogens with zero attached hydrogens (tertiary/aromatic N) is 1. The average Bonchev–Trinajstić information content (AvgIpc) is 2.32. The number of pyridine rings is 1. The Hall–Kier alpha value is -1.16. The van der Waals surface area contributed by atoms with Crippen molar-refractivity contribution >= 4 is 32.7 Å². The zero-order valence-electron chi connectivity index (χ0n) is 10.0. The van der Waals surface area contributed by atoms with Crippen molar-refractivity contribution in [1.29, 1.82) is 0 Å². The number of nitrogens with one attached hydrogen (secondary N) is 1. The van der Waals surface area contributed by atoms with E-state index in [0.29, 0.717) is 16.8 Å². The Morgan fingerprint density at radius 1 is 1.35 bits per heavy atom. The molecule has 1 aromatic heterocycles. The number of fused-ring (bicyclic) bond motifs is 1. The molecule has 2 rings (SSSR count). The van der Waals surface area contributed by atoms with Crippen LogP contribution in [-0.4, -0.2) is 12.0 Å². The topological polar surface area (TPSA) is 24.9 Å². The summed E-state index contributed by atoms with van der Waals surface area (Å²) in [5.74, 6) is 0.867. The van der Waals surface area contributed by atoms with E-state index in [1.54, 1.807) is 6.07 Å². The Kier molecular flexibility index (Phi) is 3.33. The number of benzene rings is 1. The van der Waals surface area contributed by atoms with E-state index >= 15 is 0 Å². The fraction of sp³-hybridized carbons (Fsp3) is 0.308. The summed E-state index contributed by atoms with van der Waals surface area (Å²) in [6, 6.07) is 5.01. The maximum absolute atomic E-state index is 13.8. The highest BCUT2D eigenvalue weighted by Crippen LogP contribution is 2.31. The number of rotatable bonds is 2. The van der Waals surface area contributed by atoms with Crippen molar-refractivity contribution in [2.24, 2.45) is 0 Å². The van der Waals surface area contributed by atoms with E-state index in [9.17, 15) is 4.39 Å². The van der Waals surface area contributed by atoms with Gasteiger partial charge < -0.3 is 5.32 Å². The van der Waals surface area contributed by atoms with Crippen LogP contribution in [0.3, 0.4) is 0 Å². The van der Waals surface area contributed by atoms with Crippen LogP contribution in [0.2, 0.25) is 0 Å². The summed E-state index contributed by atoms with van der Waals surface area (Å²) in [5.41, 5.74) is 1.68. The number of hydrogen-bond acceptors (Lipinski definition) is 2. The quantitative estimate of drug-likeness (QED) is 0.894. The van der Waals surface area contributed by atoms with Crippen LogP contribution < -0.4 is 5.32 Å². The Labute approximate surface area is 108 Å². The monoisotopic (exact) mass is 296 g/mol. The molecule has 0 aliphatic carbocycles. The second-order valence-electron chi connectivity index (χ2n) is 4.26. The van der Waals surface area contributed by atoms with Crippen LogP contribution in [0.1, 0.15) is 25.3 Å². The molecular formula is C13H14BrFN2. The first-order chi connectivity index (χ1) is 8.04. The molecule has 0 saturated carbocycles. The molecule has 2 nitrogen and oxygen atoms in total. The van der Waals surface area contributed by atoms with Crippen molar-refractivity contribution in [3.05, 3.63) is 34.1 Å². The minimum absolute atomic E-state index is 0.236. The van der Waals surface area contributed by atoms with E-state index in [2.05, 4.69) is 40.1 Å². The summed E-state index contributed by atoms with van der Waals surface area (Å²) >= 11 is 3.40. The Bertz CT molecular complexity index is 567. The van der Waals surface area contributed by atoms with Gasteiger partial charge in [0, 0.05) is 16.9 Å². The van der Waals surface area contributed by atoms with Gasteiger partial charge in [0.15, 0.2) is 0 Å². The third-order valence-corrected chi connectivity index (χ3v) is 3.41. The highest BCUT2D eigenvalue weighted by Gasteiger charge is 2.13. The van der Waals surface area contributed by atoms with Gasteiger partial charge in [-0.3, -0.25) is 0 Å². The average molecular weight is 297 g/mol. The van der Waals surface area contributed by atoms with Crippen molar-refractivity contribution in [1.82, 2.24) is 4.98 Å². The van der Waals surface area contributed by atoms with Crippen LogP contribution in [0.15, 0.2) is 22.7 Å². The van der Waals surface area contributed by atoms with Crippen molar-refractivity contribution in [2.75, 3.05) is 12.4 Å². The van der Waals surface area contributed by atoms with Gasteiger partial charge in [-0.05, 0) is 45.6 Å². The van der Waals surface area contributed by atoms with Gasteiger partial charge in [-0.1, -0.05) is 13.8 Å². The molecule has 17 heavy (non-hydrogen) atoms. The molecule has 0 aliphatic heterocycles. The molecule has 0 fully saturated rings. The number of anilines is 1. The minimum atomic E-state index is -0.236. The molecule has 1 heterocycles. The molecule has 2 aromatic rings. The molecule has 0 bridgehead atoms. The molecule has 0 atom stereocenters. The van der Waals surface area contributed by atoms with Crippen molar-refractivity contribution in [3.8, 4) is 0 Å². The van der Waals surface area contributed by atoms with E-state index in [1.165, 1.54) is 6.07 Å². The van der Waals surface area contributed by atoms with Crippen molar-refractivity contribution in [2.45, 2.75) is 19.8 Å². The lowest BCUT2D eigenvalue weighted by atomic mass is 10.0. The number of aromatic nitrogens is 1. The summed E-state index contributed by atoms with van der Waals surface area (Å²) in [4.78, 5) is 4.48. The van der Waals surface area contributed by atoms with Gasteiger partial charge in [0.1, 0.15) is 11.6 Å². The second kappa shape index (κ2) is 4.61. The molecule has 0 saturated heterocycles. The maximum Gasteiger partial charge on any atom is 0.132 e. The number of hydrogen-bond donors (Lipinski definition) is 1. The molecule has 0 aliphatic rings. The lowest BCUT2D eigenvalue weighted by molar-refractivity contribution is 0.639. The van der Waals surface area contributed by atoms with E-state index in [4.69, 9.17) is 0 Å². The smallest absolute Gasteiger partial charge is 0.132 e. The standard InChI is InChI=1S/C13H14BrFN2/c1-7(2)8-6-9-11(15)5-4-10(14)12(9)17-13(8)16-3/h4-7H,1-3H3,(H,16,17). The van der Waals surface area contributed by atoms with Gasteiger partial charge in [-0.2, -0.15) is 0 Å². The van der Waals surface area contributed by atoms with Gasteiger partial charge in [0.25, 0.3) is 0 Å². The Balaban J connectivity index is 2.83. The lowest BCUT2D eigenvalue weighted by Crippen LogP contribution is -2.01. The Morgan fingerprint density at radius 2 is 2.06 bits per heavy atom. The van der Waals surface area contributed by atoms with Gasteiger partial charge in [-0.15, -0.1) is 0 Å². The summed E-state index contributed by atoms with van der Waals surface area (Å²) in [6.07, 6.45) is 0. The largest absolute Gasteiger partial charge is 0.373 e. The summed E-state index contributed by atoms with van der Waals surface area (Å²) in [6.45, 7) is 4.14. The summed E-state index contributed by atoms with van der Waals surface area (Å²) in [7, 11) is 1.83. The van der Waals surface area contributed by atoms with Crippen LogP contribution in [0, 0.1) is 5.82 Å². The molecule has 0 unspecified atom stereocenters. The predicted octanol–water partition coefficient (Wildman–Crippen LogP) is 4.30. The van der Waals surface area contributed by atoms with Crippen LogP contribution in [0.25, 0.3) is 10.9 Å². The predicted molar refractivity (Wildman–Crippen MR) is 73.0 cm³/mol. The molecule has 0 spiro atoms. The van der Waals surface area contributed by atoms with Crippen LogP contribution in [0.4, 0.5) is 10.2 Å². The zero-order chi connectivity index (χ0) is 12.6. The molecule has 1 N–H and O–H groups in total. The van der Waals surface area contributed by atoms with E-state index < -0.39 is 0 Å². The molecule has 4 heteroatoms. The van der Waals surface area contributed by atoms with Gasteiger partial charge in [0.2, 0.25) is 0 Å². The molecule has 0 radical (unpaired) electrons. The van der Waals surface area contributed by atoms with Gasteiger partial charge >= 0.3 is 0 Å². The first kappa shape index (κ1) is 12.3. The fourth-order valence-electron chi connectivity index (χ4n) is 1.85. The van der Waals surface area contributed by atoms with E-state index in [-0.39, 0.29) is 5.82 Å².